The Hall–Kier alpha value is -1.39. The van der Waals surface area contributed by atoms with Gasteiger partial charge in [-0.2, -0.15) is 0 Å². The van der Waals surface area contributed by atoms with E-state index in [1.165, 1.54) is 20.0 Å². The minimum Gasteiger partial charge on any atom is -0.469 e. The Labute approximate surface area is 114 Å². The molecule has 1 aromatic rings. The van der Waals surface area contributed by atoms with E-state index in [1.807, 2.05) is 30.3 Å². The molecule has 1 aliphatic carbocycles. The topological polar surface area (TPSA) is 47.6 Å². The first-order valence-corrected chi connectivity index (χ1v) is 6.82. The molecule has 0 aromatic heterocycles. The maximum Gasteiger partial charge on any atom is 0.314 e. The summed E-state index contributed by atoms with van der Waals surface area (Å²) in [6.45, 7) is 0.438. The van der Waals surface area contributed by atoms with Gasteiger partial charge in [-0.3, -0.25) is 9.63 Å². The SMILES string of the molecule is COC(=O)C(CNOC1CCCC1)c1ccccc1. The molecule has 0 saturated heterocycles. The van der Waals surface area contributed by atoms with Crippen LogP contribution in [0.5, 0.6) is 0 Å². The van der Waals surface area contributed by atoms with Crippen molar-refractivity contribution in [3.63, 3.8) is 0 Å². The van der Waals surface area contributed by atoms with Gasteiger partial charge in [-0.25, -0.2) is 5.48 Å². The monoisotopic (exact) mass is 263 g/mol. The van der Waals surface area contributed by atoms with Gasteiger partial charge >= 0.3 is 5.97 Å². The fourth-order valence-electron chi connectivity index (χ4n) is 2.42. The van der Waals surface area contributed by atoms with Crippen LogP contribution in [0.2, 0.25) is 0 Å². The molecular formula is C15H21NO3. The van der Waals surface area contributed by atoms with Crippen molar-refractivity contribution in [2.45, 2.75) is 37.7 Å². The van der Waals surface area contributed by atoms with Gasteiger partial charge < -0.3 is 4.74 Å². The molecule has 0 bridgehead atoms. The molecule has 0 spiro atoms. The number of carbonyl (C=O) groups is 1. The summed E-state index contributed by atoms with van der Waals surface area (Å²) in [6.07, 6.45) is 4.94. The predicted molar refractivity (Wildman–Crippen MR) is 72.5 cm³/mol. The highest BCUT2D eigenvalue weighted by Crippen LogP contribution is 2.21. The van der Waals surface area contributed by atoms with Gasteiger partial charge in [-0.1, -0.05) is 43.2 Å². The van der Waals surface area contributed by atoms with Crippen LogP contribution in [0.25, 0.3) is 0 Å². The van der Waals surface area contributed by atoms with Gasteiger partial charge in [0.15, 0.2) is 0 Å². The van der Waals surface area contributed by atoms with E-state index in [1.54, 1.807) is 0 Å². The quantitative estimate of drug-likeness (QED) is 0.632. The lowest BCUT2D eigenvalue weighted by molar-refractivity contribution is -0.143. The molecule has 19 heavy (non-hydrogen) atoms. The van der Waals surface area contributed by atoms with Crippen LogP contribution >= 0.6 is 0 Å². The Balaban J connectivity index is 1.89. The van der Waals surface area contributed by atoms with E-state index in [0.29, 0.717) is 6.54 Å². The van der Waals surface area contributed by atoms with E-state index in [-0.39, 0.29) is 18.0 Å². The smallest absolute Gasteiger partial charge is 0.314 e. The molecule has 1 atom stereocenters. The third-order valence-electron chi connectivity index (χ3n) is 3.53. The van der Waals surface area contributed by atoms with Crippen LogP contribution in [0.15, 0.2) is 30.3 Å². The largest absolute Gasteiger partial charge is 0.469 e. The second-order valence-corrected chi connectivity index (χ2v) is 4.86. The Kier molecular flexibility index (Phi) is 5.36. The zero-order chi connectivity index (χ0) is 13.5. The van der Waals surface area contributed by atoms with Gasteiger partial charge in [0.2, 0.25) is 0 Å². The highest BCUT2D eigenvalue weighted by atomic mass is 16.7. The fourth-order valence-corrected chi connectivity index (χ4v) is 2.42. The molecule has 4 heteroatoms. The number of methoxy groups -OCH3 is 1. The minimum absolute atomic E-state index is 0.242. The lowest BCUT2D eigenvalue weighted by Crippen LogP contribution is -2.30. The fraction of sp³-hybridized carbons (Fsp3) is 0.533. The summed E-state index contributed by atoms with van der Waals surface area (Å²) in [5.41, 5.74) is 3.88. The summed E-state index contributed by atoms with van der Waals surface area (Å²) in [6, 6.07) is 9.63. The average molecular weight is 263 g/mol. The van der Waals surface area contributed by atoms with Crippen LogP contribution in [0, 0.1) is 0 Å². The van der Waals surface area contributed by atoms with Crippen molar-refractivity contribution in [2.24, 2.45) is 0 Å². The Bertz CT molecular complexity index is 388. The maximum absolute atomic E-state index is 11.8. The normalized spacial score (nSPS) is 17.3. The third-order valence-corrected chi connectivity index (χ3v) is 3.53. The third kappa shape index (κ3) is 4.04. The number of hydrogen-bond acceptors (Lipinski definition) is 4. The number of hydrogen-bond donors (Lipinski definition) is 1. The summed E-state index contributed by atoms with van der Waals surface area (Å²) in [7, 11) is 1.41. The van der Waals surface area contributed by atoms with Crippen LogP contribution in [-0.2, 0) is 14.4 Å². The van der Waals surface area contributed by atoms with Crippen LogP contribution in [0.1, 0.15) is 37.2 Å². The van der Waals surface area contributed by atoms with Crippen molar-refractivity contribution in [2.75, 3.05) is 13.7 Å². The average Bonchev–Trinajstić information content (AvgIpc) is 2.97. The lowest BCUT2D eigenvalue weighted by atomic mass is 10.00. The van der Waals surface area contributed by atoms with Crippen LogP contribution in [0.3, 0.4) is 0 Å². The predicted octanol–water partition coefficient (Wildman–Crippen LogP) is 2.41. The number of carbonyl (C=O) groups excluding carboxylic acids is 1. The molecule has 0 radical (unpaired) electrons. The summed E-state index contributed by atoms with van der Waals surface area (Å²) in [5.74, 6) is -0.568. The van der Waals surface area contributed by atoms with Crippen molar-refractivity contribution in [1.29, 1.82) is 0 Å². The summed E-state index contributed by atoms with van der Waals surface area (Å²) < 4.78 is 4.85. The van der Waals surface area contributed by atoms with Crippen LogP contribution in [-0.4, -0.2) is 25.7 Å². The zero-order valence-corrected chi connectivity index (χ0v) is 11.3. The highest BCUT2D eigenvalue weighted by Gasteiger charge is 2.22. The van der Waals surface area contributed by atoms with E-state index in [0.717, 1.165) is 18.4 Å². The van der Waals surface area contributed by atoms with E-state index in [4.69, 9.17) is 9.57 Å². The molecule has 4 nitrogen and oxygen atoms in total. The number of benzene rings is 1. The molecule has 2 rings (SSSR count). The Morgan fingerprint density at radius 3 is 2.63 bits per heavy atom. The van der Waals surface area contributed by atoms with Crippen LogP contribution < -0.4 is 5.48 Å². The number of rotatable bonds is 6. The van der Waals surface area contributed by atoms with Gasteiger partial charge in [0.25, 0.3) is 0 Å². The lowest BCUT2D eigenvalue weighted by Gasteiger charge is -2.17. The molecule has 1 saturated carbocycles. The summed E-state index contributed by atoms with van der Waals surface area (Å²) in [4.78, 5) is 17.4. The number of esters is 1. The van der Waals surface area contributed by atoms with E-state index >= 15 is 0 Å². The van der Waals surface area contributed by atoms with Crippen molar-refractivity contribution in [3.05, 3.63) is 35.9 Å². The summed E-state index contributed by atoms with van der Waals surface area (Å²) in [5, 5.41) is 0. The molecule has 1 N–H and O–H groups in total. The molecule has 1 aliphatic rings. The molecular weight excluding hydrogens is 242 g/mol. The van der Waals surface area contributed by atoms with Gasteiger partial charge in [0.05, 0.1) is 19.1 Å². The van der Waals surface area contributed by atoms with E-state index in [2.05, 4.69) is 5.48 Å². The Morgan fingerprint density at radius 2 is 2.00 bits per heavy atom. The minimum atomic E-state index is -0.326. The molecule has 1 unspecified atom stereocenters. The first kappa shape index (κ1) is 14.0. The van der Waals surface area contributed by atoms with Crippen molar-refractivity contribution in [1.82, 2.24) is 5.48 Å². The van der Waals surface area contributed by atoms with E-state index < -0.39 is 0 Å². The Morgan fingerprint density at radius 1 is 1.32 bits per heavy atom. The van der Waals surface area contributed by atoms with Crippen LogP contribution in [0.4, 0.5) is 0 Å². The molecule has 0 amide bonds. The number of ether oxygens (including phenoxy) is 1. The second kappa shape index (κ2) is 7.26. The summed E-state index contributed by atoms with van der Waals surface area (Å²) >= 11 is 0. The second-order valence-electron chi connectivity index (χ2n) is 4.86. The number of nitrogens with one attached hydrogen (secondary N) is 1. The van der Waals surface area contributed by atoms with Crippen molar-refractivity contribution >= 4 is 5.97 Å². The van der Waals surface area contributed by atoms with Gasteiger partial charge in [-0.05, 0) is 18.4 Å². The zero-order valence-electron chi connectivity index (χ0n) is 11.3. The molecule has 0 heterocycles. The van der Waals surface area contributed by atoms with Crippen molar-refractivity contribution < 1.29 is 14.4 Å². The highest BCUT2D eigenvalue weighted by molar-refractivity contribution is 5.78. The van der Waals surface area contributed by atoms with Gasteiger partial charge in [0.1, 0.15) is 0 Å². The maximum atomic E-state index is 11.8. The van der Waals surface area contributed by atoms with Gasteiger partial charge in [-0.15, -0.1) is 0 Å². The first-order chi connectivity index (χ1) is 9.31. The molecule has 0 aliphatic heterocycles. The van der Waals surface area contributed by atoms with Gasteiger partial charge in [0, 0.05) is 6.54 Å². The van der Waals surface area contributed by atoms with E-state index in [9.17, 15) is 4.79 Å². The van der Waals surface area contributed by atoms with Crippen molar-refractivity contribution in [3.8, 4) is 0 Å². The first-order valence-electron chi connectivity index (χ1n) is 6.82. The standard InChI is InChI=1S/C15H21NO3/c1-18-15(17)14(12-7-3-2-4-8-12)11-16-19-13-9-5-6-10-13/h2-4,7-8,13-14,16H,5-6,9-11H2,1H3. The number of hydroxylamine groups is 1. The molecule has 1 fully saturated rings. The molecule has 1 aromatic carbocycles. The molecule has 104 valence electrons.